The van der Waals surface area contributed by atoms with E-state index in [9.17, 15) is 14.9 Å². The second-order valence-electron chi connectivity index (χ2n) is 4.75. The predicted molar refractivity (Wildman–Crippen MR) is 79.4 cm³/mol. The first kappa shape index (κ1) is 15.8. The molecule has 7 nitrogen and oxygen atoms in total. The standard InChI is InChI=1S/C15H17NO6/c17-15-11-14(12-7-3-4-8-13(12)22-15)20-9-5-1-2-6-10-21-16(18)19/h3-4,7-8,11H,1-2,5-6,9-10H2. The molecule has 22 heavy (non-hydrogen) atoms. The van der Waals surface area contributed by atoms with Crippen molar-refractivity contribution in [1.29, 1.82) is 0 Å². The van der Waals surface area contributed by atoms with Gasteiger partial charge in [-0.05, 0) is 25.0 Å². The van der Waals surface area contributed by atoms with E-state index in [4.69, 9.17) is 9.15 Å². The van der Waals surface area contributed by atoms with Crippen LogP contribution in [0.4, 0.5) is 0 Å². The summed E-state index contributed by atoms with van der Waals surface area (Å²) in [7, 11) is 0. The van der Waals surface area contributed by atoms with Crippen LogP contribution in [0.5, 0.6) is 5.75 Å². The highest BCUT2D eigenvalue weighted by Gasteiger charge is 2.05. The van der Waals surface area contributed by atoms with Crippen LogP contribution in [0.3, 0.4) is 0 Å². The van der Waals surface area contributed by atoms with Gasteiger partial charge in [0.2, 0.25) is 0 Å². The number of hydrogen-bond acceptors (Lipinski definition) is 6. The Morgan fingerprint density at radius 2 is 1.82 bits per heavy atom. The highest BCUT2D eigenvalue weighted by molar-refractivity contribution is 5.82. The van der Waals surface area contributed by atoms with Crippen LogP contribution < -0.4 is 10.4 Å². The van der Waals surface area contributed by atoms with Crippen LogP contribution in [-0.2, 0) is 4.84 Å². The van der Waals surface area contributed by atoms with Crippen LogP contribution in [0, 0.1) is 10.1 Å². The summed E-state index contributed by atoms with van der Waals surface area (Å²) in [4.78, 5) is 25.6. The zero-order valence-corrected chi connectivity index (χ0v) is 12.0. The van der Waals surface area contributed by atoms with Gasteiger partial charge in [0.1, 0.15) is 11.3 Å². The van der Waals surface area contributed by atoms with Crippen LogP contribution >= 0.6 is 0 Å². The maximum atomic E-state index is 11.5. The van der Waals surface area contributed by atoms with Crippen molar-refractivity contribution in [3.05, 3.63) is 50.9 Å². The number of hydrogen-bond donors (Lipinski definition) is 0. The quantitative estimate of drug-likeness (QED) is 0.306. The Kier molecular flexibility index (Phi) is 5.76. The maximum absolute atomic E-state index is 11.5. The molecule has 0 aliphatic heterocycles. The zero-order valence-electron chi connectivity index (χ0n) is 12.0. The predicted octanol–water partition coefficient (Wildman–Crippen LogP) is 2.94. The lowest BCUT2D eigenvalue weighted by molar-refractivity contribution is -0.757. The lowest BCUT2D eigenvalue weighted by Gasteiger charge is -2.08. The van der Waals surface area contributed by atoms with Gasteiger partial charge in [-0.2, -0.15) is 0 Å². The van der Waals surface area contributed by atoms with E-state index in [0.29, 0.717) is 24.4 Å². The highest BCUT2D eigenvalue weighted by atomic mass is 16.9. The molecule has 0 bridgehead atoms. The SMILES string of the molecule is O=c1cc(OCCCCCCO[N+](=O)[O-])c2ccccc2o1. The van der Waals surface area contributed by atoms with Crippen molar-refractivity contribution in [1.82, 2.24) is 0 Å². The zero-order chi connectivity index (χ0) is 15.8. The summed E-state index contributed by atoms with van der Waals surface area (Å²) in [6.07, 6.45) is 3.14. The smallest absolute Gasteiger partial charge is 0.339 e. The molecule has 0 amide bonds. The normalized spacial score (nSPS) is 10.5. The highest BCUT2D eigenvalue weighted by Crippen LogP contribution is 2.23. The molecule has 1 aromatic carbocycles. The fourth-order valence-electron chi connectivity index (χ4n) is 2.08. The van der Waals surface area contributed by atoms with Gasteiger partial charge in [0.05, 0.1) is 24.7 Å². The molecule has 0 aliphatic rings. The van der Waals surface area contributed by atoms with E-state index in [2.05, 4.69) is 4.84 Å². The first-order valence-electron chi connectivity index (χ1n) is 7.10. The van der Waals surface area contributed by atoms with Crippen LogP contribution in [0.1, 0.15) is 25.7 Å². The molecule has 0 aliphatic carbocycles. The van der Waals surface area contributed by atoms with Crippen LogP contribution in [0.2, 0.25) is 0 Å². The number of para-hydroxylation sites is 1. The van der Waals surface area contributed by atoms with Crippen molar-refractivity contribution in [2.45, 2.75) is 25.7 Å². The number of fused-ring (bicyclic) bond motifs is 1. The van der Waals surface area contributed by atoms with Gasteiger partial charge in [-0.1, -0.05) is 25.0 Å². The Hall–Kier alpha value is -2.57. The maximum Gasteiger partial charge on any atom is 0.339 e. The second-order valence-corrected chi connectivity index (χ2v) is 4.75. The lowest BCUT2D eigenvalue weighted by atomic mass is 10.2. The molecule has 1 heterocycles. The number of nitrogens with zero attached hydrogens (tertiary/aromatic N) is 1. The monoisotopic (exact) mass is 307 g/mol. The molecule has 0 radical (unpaired) electrons. The average molecular weight is 307 g/mol. The Balaban J connectivity index is 1.76. The summed E-state index contributed by atoms with van der Waals surface area (Å²) >= 11 is 0. The van der Waals surface area contributed by atoms with Crippen LogP contribution in [-0.4, -0.2) is 18.3 Å². The molecular weight excluding hydrogens is 290 g/mol. The van der Waals surface area contributed by atoms with E-state index in [1.165, 1.54) is 6.07 Å². The summed E-state index contributed by atoms with van der Waals surface area (Å²) in [5.74, 6) is 0.517. The molecule has 0 spiro atoms. The first-order chi connectivity index (χ1) is 10.7. The largest absolute Gasteiger partial charge is 0.493 e. The van der Waals surface area contributed by atoms with Gasteiger partial charge >= 0.3 is 5.63 Å². The Bertz CT molecular complexity index is 681. The van der Waals surface area contributed by atoms with E-state index >= 15 is 0 Å². The summed E-state index contributed by atoms with van der Waals surface area (Å²) in [6.45, 7) is 0.599. The van der Waals surface area contributed by atoms with E-state index in [1.54, 1.807) is 12.1 Å². The first-order valence-corrected chi connectivity index (χ1v) is 7.10. The topological polar surface area (TPSA) is 91.8 Å². The third-order valence-electron chi connectivity index (χ3n) is 3.10. The molecule has 7 heteroatoms. The number of unbranched alkanes of at least 4 members (excludes halogenated alkanes) is 3. The minimum absolute atomic E-state index is 0.123. The van der Waals surface area contributed by atoms with E-state index in [0.717, 1.165) is 24.6 Å². The molecule has 0 N–H and O–H groups in total. The number of benzene rings is 1. The number of ether oxygens (including phenoxy) is 1. The number of rotatable bonds is 9. The third kappa shape index (κ3) is 4.76. The lowest BCUT2D eigenvalue weighted by Crippen LogP contribution is -2.04. The molecule has 118 valence electrons. The molecule has 1 aromatic heterocycles. The van der Waals surface area contributed by atoms with Gasteiger partial charge < -0.3 is 14.0 Å². The summed E-state index contributed by atoms with van der Waals surface area (Å²) in [6, 6.07) is 8.54. The van der Waals surface area contributed by atoms with Gasteiger partial charge in [0.15, 0.2) is 0 Å². The van der Waals surface area contributed by atoms with E-state index in [1.807, 2.05) is 12.1 Å². The van der Waals surface area contributed by atoms with Gasteiger partial charge in [0, 0.05) is 0 Å². The molecule has 0 unspecified atom stereocenters. The second kappa shape index (κ2) is 8.02. The van der Waals surface area contributed by atoms with Gasteiger partial charge in [-0.15, -0.1) is 10.1 Å². The van der Waals surface area contributed by atoms with Crippen LogP contribution in [0.25, 0.3) is 11.0 Å². The molecule has 2 aromatic rings. The van der Waals surface area contributed by atoms with Crippen LogP contribution in [0.15, 0.2) is 39.5 Å². The van der Waals surface area contributed by atoms with Crippen molar-refractivity contribution in [3.63, 3.8) is 0 Å². The fourth-order valence-corrected chi connectivity index (χ4v) is 2.08. The van der Waals surface area contributed by atoms with Gasteiger partial charge in [0.25, 0.3) is 5.09 Å². The Labute approximate surface area is 126 Å². The van der Waals surface area contributed by atoms with Crippen molar-refractivity contribution >= 4 is 11.0 Å². The average Bonchev–Trinajstić information content (AvgIpc) is 2.49. The van der Waals surface area contributed by atoms with Crippen molar-refractivity contribution in [2.24, 2.45) is 0 Å². The minimum atomic E-state index is -0.783. The Morgan fingerprint density at radius 1 is 1.09 bits per heavy atom. The van der Waals surface area contributed by atoms with E-state index in [-0.39, 0.29) is 6.61 Å². The molecule has 0 atom stereocenters. The summed E-state index contributed by atoms with van der Waals surface area (Å²) in [5.41, 5.74) is 0.0626. The molecule has 0 fully saturated rings. The molecular formula is C15H17NO6. The van der Waals surface area contributed by atoms with Gasteiger partial charge in [-0.25, -0.2) is 4.79 Å². The third-order valence-corrected chi connectivity index (χ3v) is 3.10. The van der Waals surface area contributed by atoms with Crippen molar-refractivity contribution in [3.8, 4) is 5.75 Å². The van der Waals surface area contributed by atoms with E-state index < -0.39 is 10.7 Å². The summed E-state index contributed by atoms with van der Waals surface area (Å²) in [5, 5.41) is 9.94. The minimum Gasteiger partial charge on any atom is -0.493 e. The fraction of sp³-hybridized carbons (Fsp3) is 0.400. The molecule has 0 saturated carbocycles. The van der Waals surface area contributed by atoms with Crippen molar-refractivity contribution in [2.75, 3.05) is 13.2 Å². The van der Waals surface area contributed by atoms with Crippen molar-refractivity contribution < 1.29 is 19.1 Å². The molecule has 2 rings (SSSR count). The summed E-state index contributed by atoms with van der Waals surface area (Å²) < 4.78 is 10.7. The Morgan fingerprint density at radius 3 is 2.59 bits per heavy atom. The van der Waals surface area contributed by atoms with Gasteiger partial charge in [-0.3, -0.25) is 0 Å². The molecule has 0 saturated heterocycles.